The minimum Gasteiger partial charge on any atom is -0.349 e. The van der Waals surface area contributed by atoms with Crippen molar-refractivity contribution in [1.82, 2.24) is 20.4 Å². The predicted molar refractivity (Wildman–Crippen MR) is 96.7 cm³/mol. The molecule has 2 N–H and O–H groups in total. The Morgan fingerprint density at radius 1 is 1.12 bits per heavy atom. The van der Waals surface area contributed by atoms with Crippen molar-refractivity contribution in [2.75, 3.05) is 32.5 Å². The van der Waals surface area contributed by atoms with Crippen molar-refractivity contribution in [2.45, 2.75) is 19.8 Å². The number of anilines is 2. The highest BCUT2D eigenvalue weighted by Gasteiger charge is 2.09. The number of amides is 1. The molecule has 0 radical (unpaired) electrons. The van der Waals surface area contributed by atoms with E-state index in [4.69, 9.17) is 0 Å². The molecule has 0 bridgehead atoms. The average molecular weight is 327 g/mol. The molecule has 1 aromatic carbocycles. The molecule has 24 heavy (non-hydrogen) atoms. The van der Waals surface area contributed by atoms with Crippen LogP contribution < -0.4 is 10.6 Å². The average Bonchev–Trinajstić information content (AvgIpc) is 2.55. The van der Waals surface area contributed by atoms with E-state index in [0.717, 1.165) is 12.2 Å². The number of nitrogens with zero attached hydrogens (tertiary/aromatic N) is 3. The highest BCUT2D eigenvalue weighted by Crippen LogP contribution is 2.25. The molecule has 0 saturated carbocycles. The molecular formula is C18H25N5O. The molecule has 1 amide bonds. The van der Waals surface area contributed by atoms with E-state index in [2.05, 4.69) is 40.7 Å². The molecule has 0 saturated heterocycles. The maximum absolute atomic E-state index is 12.0. The number of para-hydroxylation sites is 1. The summed E-state index contributed by atoms with van der Waals surface area (Å²) in [7, 11) is 3.92. The van der Waals surface area contributed by atoms with Crippen molar-refractivity contribution in [3.8, 4) is 0 Å². The van der Waals surface area contributed by atoms with Crippen LogP contribution in [0, 0.1) is 0 Å². The number of likely N-dealkylation sites (N-methyl/N-ethyl adjacent to an activating group) is 1. The Balaban J connectivity index is 2.01. The second kappa shape index (κ2) is 8.40. The lowest BCUT2D eigenvalue weighted by atomic mass is 10.0. The minimum atomic E-state index is -0.210. The standard InChI is InChI=1S/C18H25N5O/c1-13(2)14-7-5-6-8-15(14)20-17-10-9-16(21-22-17)18(24)19-11-12-23(3)4/h5-10,13H,11-12H2,1-4H3,(H,19,24)(H,20,22). The summed E-state index contributed by atoms with van der Waals surface area (Å²) in [5.41, 5.74) is 2.53. The SMILES string of the molecule is CC(C)c1ccccc1Nc1ccc(C(=O)NCCN(C)C)nn1. The van der Waals surface area contributed by atoms with Crippen molar-refractivity contribution in [1.29, 1.82) is 0 Å². The van der Waals surface area contributed by atoms with Crippen molar-refractivity contribution < 1.29 is 4.79 Å². The number of nitrogens with one attached hydrogen (secondary N) is 2. The summed E-state index contributed by atoms with van der Waals surface area (Å²) in [5, 5.41) is 14.2. The topological polar surface area (TPSA) is 70.2 Å². The van der Waals surface area contributed by atoms with Crippen LogP contribution in [0.1, 0.15) is 35.8 Å². The number of carbonyl (C=O) groups is 1. The zero-order valence-corrected chi connectivity index (χ0v) is 14.7. The van der Waals surface area contributed by atoms with Gasteiger partial charge in [-0.05, 0) is 43.8 Å². The molecule has 0 fully saturated rings. The maximum atomic E-state index is 12.0. The molecule has 0 aliphatic rings. The van der Waals surface area contributed by atoms with Crippen molar-refractivity contribution in [3.05, 3.63) is 47.7 Å². The van der Waals surface area contributed by atoms with E-state index < -0.39 is 0 Å². The predicted octanol–water partition coefficient (Wildman–Crippen LogP) is 2.64. The number of carbonyl (C=O) groups excluding carboxylic acids is 1. The van der Waals surface area contributed by atoms with Gasteiger partial charge in [0, 0.05) is 18.8 Å². The lowest BCUT2D eigenvalue weighted by Gasteiger charge is -2.14. The van der Waals surface area contributed by atoms with Crippen LogP contribution in [-0.4, -0.2) is 48.2 Å². The summed E-state index contributed by atoms with van der Waals surface area (Å²) in [4.78, 5) is 14.0. The molecule has 2 aromatic rings. The van der Waals surface area contributed by atoms with E-state index in [9.17, 15) is 4.79 Å². The third-order valence-electron chi connectivity index (χ3n) is 3.59. The second-order valence-electron chi connectivity index (χ2n) is 6.23. The molecule has 1 aromatic heterocycles. The fourth-order valence-corrected chi connectivity index (χ4v) is 2.26. The summed E-state index contributed by atoms with van der Waals surface area (Å²) in [6.45, 7) is 5.65. The number of hydrogen-bond donors (Lipinski definition) is 2. The lowest BCUT2D eigenvalue weighted by molar-refractivity contribution is 0.0945. The summed E-state index contributed by atoms with van der Waals surface area (Å²) in [5.74, 6) is 0.815. The molecule has 6 nitrogen and oxygen atoms in total. The summed E-state index contributed by atoms with van der Waals surface area (Å²) < 4.78 is 0. The Hall–Kier alpha value is -2.47. The molecule has 0 spiro atoms. The van der Waals surface area contributed by atoms with Gasteiger partial charge in [0.2, 0.25) is 0 Å². The number of benzene rings is 1. The first kappa shape index (κ1) is 17.9. The maximum Gasteiger partial charge on any atom is 0.271 e. The number of aromatic nitrogens is 2. The first-order valence-electron chi connectivity index (χ1n) is 8.10. The molecule has 6 heteroatoms. The quantitative estimate of drug-likeness (QED) is 0.818. The molecule has 128 valence electrons. The third kappa shape index (κ3) is 5.03. The lowest BCUT2D eigenvalue weighted by Crippen LogP contribution is -2.31. The minimum absolute atomic E-state index is 0.210. The first-order valence-corrected chi connectivity index (χ1v) is 8.10. The molecule has 2 rings (SSSR count). The van der Waals surface area contributed by atoms with E-state index in [0.29, 0.717) is 24.0 Å². The highest BCUT2D eigenvalue weighted by molar-refractivity contribution is 5.92. The van der Waals surface area contributed by atoms with Crippen LogP contribution in [0.2, 0.25) is 0 Å². The van der Waals surface area contributed by atoms with Crippen LogP contribution in [0.15, 0.2) is 36.4 Å². The van der Waals surface area contributed by atoms with Gasteiger partial charge in [0.25, 0.3) is 5.91 Å². The summed E-state index contributed by atoms with van der Waals surface area (Å²) in [6.07, 6.45) is 0. The molecule has 1 heterocycles. The highest BCUT2D eigenvalue weighted by atomic mass is 16.1. The van der Waals surface area contributed by atoms with Crippen molar-refractivity contribution >= 4 is 17.4 Å². The van der Waals surface area contributed by atoms with Crippen molar-refractivity contribution in [3.63, 3.8) is 0 Å². The van der Waals surface area contributed by atoms with Gasteiger partial charge in [0.15, 0.2) is 11.5 Å². The smallest absolute Gasteiger partial charge is 0.271 e. The van der Waals surface area contributed by atoms with E-state index >= 15 is 0 Å². The van der Waals surface area contributed by atoms with Gasteiger partial charge in [-0.3, -0.25) is 4.79 Å². The summed E-state index contributed by atoms with van der Waals surface area (Å²) in [6, 6.07) is 11.6. The van der Waals surface area contributed by atoms with Crippen LogP contribution >= 0.6 is 0 Å². The zero-order valence-electron chi connectivity index (χ0n) is 14.7. The van der Waals surface area contributed by atoms with Crippen LogP contribution in [0.3, 0.4) is 0 Å². The Morgan fingerprint density at radius 2 is 1.88 bits per heavy atom. The van der Waals surface area contributed by atoms with Gasteiger partial charge in [0.1, 0.15) is 0 Å². The fourth-order valence-electron chi connectivity index (χ4n) is 2.26. The molecule has 0 unspecified atom stereocenters. The molecular weight excluding hydrogens is 302 g/mol. The molecule has 0 aliphatic heterocycles. The zero-order chi connectivity index (χ0) is 17.5. The van der Waals surface area contributed by atoms with Gasteiger partial charge in [-0.25, -0.2) is 0 Å². The Labute approximate surface area is 143 Å². The first-order chi connectivity index (χ1) is 11.5. The Morgan fingerprint density at radius 3 is 2.50 bits per heavy atom. The van der Waals surface area contributed by atoms with Gasteiger partial charge < -0.3 is 15.5 Å². The van der Waals surface area contributed by atoms with Crippen LogP contribution in [-0.2, 0) is 0 Å². The Bertz CT molecular complexity index is 667. The van der Waals surface area contributed by atoms with E-state index in [1.54, 1.807) is 12.1 Å². The van der Waals surface area contributed by atoms with Gasteiger partial charge >= 0.3 is 0 Å². The fraction of sp³-hybridized carbons (Fsp3) is 0.389. The van der Waals surface area contributed by atoms with Crippen LogP contribution in [0.25, 0.3) is 0 Å². The number of rotatable bonds is 7. The number of hydrogen-bond acceptors (Lipinski definition) is 5. The largest absolute Gasteiger partial charge is 0.349 e. The van der Waals surface area contributed by atoms with E-state index in [-0.39, 0.29) is 5.91 Å². The van der Waals surface area contributed by atoms with Gasteiger partial charge in [-0.2, -0.15) is 0 Å². The normalized spacial score (nSPS) is 10.9. The third-order valence-corrected chi connectivity index (χ3v) is 3.59. The van der Waals surface area contributed by atoms with Gasteiger partial charge in [-0.1, -0.05) is 32.0 Å². The summed E-state index contributed by atoms with van der Waals surface area (Å²) >= 11 is 0. The Kier molecular flexibility index (Phi) is 6.26. The van der Waals surface area contributed by atoms with Gasteiger partial charge in [-0.15, -0.1) is 10.2 Å². The van der Waals surface area contributed by atoms with Crippen LogP contribution in [0.4, 0.5) is 11.5 Å². The molecule has 0 atom stereocenters. The van der Waals surface area contributed by atoms with E-state index in [1.807, 2.05) is 37.2 Å². The van der Waals surface area contributed by atoms with Crippen LogP contribution in [0.5, 0.6) is 0 Å². The van der Waals surface area contributed by atoms with Gasteiger partial charge in [0.05, 0.1) is 0 Å². The monoisotopic (exact) mass is 327 g/mol. The van der Waals surface area contributed by atoms with E-state index in [1.165, 1.54) is 5.56 Å². The molecule has 0 aliphatic carbocycles. The van der Waals surface area contributed by atoms with Crippen molar-refractivity contribution in [2.24, 2.45) is 0 Å². The second-order valence-corrected chi connectivity index (χ2v) is 6.23.